The lowest BCUT2D eigenvalue weighted by Crippen LogP contribution is -2.35. The number of rotatable bonds is 6. The topological polar surface area (TPSA) is 110 Å². The Bertz CT molecular complexity index is 492. The Hall–Kier alpha value is -1.89. The molecule has 0 unspecified atom stereocenters. The Morgan fingerprint density at radius 2 is 2.10 bits per heavy atom. The number of amides is 1. The molecule has 1 amide bonds. The van der Waals surface area contributed by atoms with Gasteiger partial charge in [0.1, 0.15) is 0 Å². The van der Waals surface area contributed by atoms with Crippen LogP contribution in [0.5, 0.6) is 0 Å². The van der Waals surface area contributed by atoms with Gasteiger partial charge in [0.25, 0.3) is 0 Å². The van der Waals surface area contributed by atoms with E-state index < -0.39 is 5.97 Å². The third-order valence-corrected chi connectivity index (χ3v) is 4.07. The van der Waals surface area contributed by atoms with E-state index in [4.69, 9.17) is 10.8 Å². The van der Waals surface area contributed by atoms with E-state index >= 15 is 0 Å². The minimum absolute atomic E-state index is 0.0152. The smallest absolute Gasteiger partial charge is 0.356 e. The van der Waals surface area contributed by atoms with E-state index in [0.717, 1.165) is 25.7 Å². The highest BCUT2D eigenvalue weighted by Gasteiger charge is 2.25. The summed E-state index contributed by atoms with van der Waals surface area (Å²) in [7, 11) is 0. The quantitative estimate of drug-likeness (QED) is 0.706. The number of nitrogens with one attached hydrogen (secondary N) is 1. The molecule has 0 spiro atoms. The molecule has 0 aromatic carbocycles. The normalized spacial score (nSPS) is 22.0. The van der Waals surface area contributed by atoms with E-state index in [-0.39, 0.29) is 17.5 Å². The summed E-state index contributed by atoms with van der Waals surface area (Å²) < 4.78 is 1.66. The lowest BCUT2D eigenvalue weighted by molar-refractivity contribution is -0.126. The molecule has 21 heavy (non-hydrogen) atoms. The first-order valence-corrected chi connectivity index (χ1v) is 7.33. The van der Waals surface area contributed by atoms with Crippen molar-refractivity contribution in [1.82, 2.24) is 14.9 Å². The van der Waals surface area contributed by atoms with Gasteiger partial charge in [-0.3, -0.25) is 4.79 Å². The predicted octanol–water partition coefficient (Wildman–Crippen LogP) is 0.463. The van der Waals surface area contributed by atoms with Crippen molar-refractivity contribution < 1.29 is 14.7 Å². The molecule has 116 valence electrons. The van der Waals surface area contributed by atoms with Crippen LogP contribution in [0.3, 0.4) is 0 Å². The maximum Gasteiger partial charge on any atom is 0.356 e. The SMILES string of the molecule is NCC1CCC(C(=O)NCCn2cnc(C(=O)O)c2)CC1. The van der Waals surface area contributed by atoms with Crippen LogP contribution in [0.4, 0.5) is 0 Å². The second-order valence-electron chi connectivity index (χ2n) is 5.55. The fourth-order valence-electron chi connectivity index (χ4n) is 2.71. The van der Waals surface area contributed by atoms with Gasteiger partial charge in [-0.2, -0.15) is 0 Å². The third kappa shape index (κ3) is 4.29. The highest BCUT2D eigenvalue weighted by molar-refractivity contribution is 5.84. The molecule has 4 N–H and O–H groups in total. The van der Waals surface area contributed by atoms with Crippen molar-refractivity contribution in [3.63, 3.8) is 0 Å². The number of imidazole rings is 1. The van der Waals surface area contributed by atoms with E-state index in [2.05, 4.69) is 10.3 Å². The summed E-state index contributed by atoms with van der Waals surface area (Å²) in [6.45, 7) is 1.70. The Morgan fingerprint density at radius 3 is 2.67 bits per heavy atom. The van der Waals surface area contributed by atoms with Crippen LogP contribution >= 0.6 is 0 Å². The molecule has 1 heterocycles. The molecule has 1 aliphatic carbocycles. The van der Waals surface area contributed by atoms with Gasteiger partial charge in [0.2, 0.25) is 5.91 Å². The van der Waals surface area contributed by atoms with Crippen LogP contribution in [-0.4, -0.2) is 39.6 Å². The molecule has 0 saturated heterocycles. The van der Waals surface area contributed by atoms with Crippen molar-refractivity contribution in [2.24, 2.45) is 17.6 Å². The van der Waals surface area contributed by atoms with Gasteiger partial charge in [-0.05, 0) is 38.1 Å². The summed E-state index contributed by atoms with van der Waals surface area (Å²) in [5.74, 6) is -0.307. The molecule has 1 aromatic rings. The fourth-order valence-corrected chi connectivity index (χ4v) is 2.71. The molecule has 0 aliphatic heterocycles. The summed E-state index contributed by atoms with van der Waals surface area (Å²) in [6, 6.07) is 0. The molecule has 1 saturated carbocycles. The fraction of sp³-hybridized carbons (Fsp3) is 0.643. The second kappa shape index (κ2) is 7.21. The van der Waals surface area contributed by atoms with Crippen molar-refractivity contribution in [3.8, 4) is 0 Å². The first-order chi connectivity index (χ1) is 10.1. The minimum atomic E-state index is -1.05. The van der Waals surface area contributed by atoms with Gasteiger partial charge in [0.05, 0.1) is 6.33 Å². The zero-order valence-electron chi connectivity index (χ0n) is 12.0. The van der Waals surface area contributed by atoms with Gasteiger partial charge >= 0.3 is 5.97 Å². The summed E-state index contributed by atoms with van der Waals surface area (Å²) in [5.41, 5.74) is 5.66. The molecule has 1 aliphatic rings. The average molecular weight is 294 g/mol. The number of carbonyl (C=O) groups is 2. The van der Waals surface area contributed by atoms with Crippen molar-refractivity contribution in [3.05, 3.63) is 18.2 Å². The van der Waals surface area contributed by atoms with Crippen LogP contribution in [-0.2, 0) is 11.3 Å². The van der Waals surface area contributed by atoms with Crippen LogP contribution in [0, 0.1) is 11.8 Å². The molecule has 1 fully saturated rings. The maximum atomic E-state index is 12.0. The molecule has 2 rings (SSSR count). The second-order valence-corrected chi connectivity index (χ2v) is 5.55. The lowest BCUT2D eigenvalue weighted by Gasteiger charge is -2.26. The zero-order valence-corrected chi connectivity index (χ0v) is 12.0. The van der Waals surface area contributed by atoms with Crippen molar-refractivity contribution in [2.45, 2.75) is 32.2 Å². The van der Waals surface area contributed by atoms with Gasteiger partial charge in [-0.25, -0.2) is 9.78 Å². The zero-order chi connectivity index (χ0) is 15.2. The van der Waals surface area contributed by atoms with Gasteiger partial charge in [0, 0.05) is 25.2 Å². The number of aromatic carboxylic acids is 1. The maximum absolute atomic E-state index is 12.0. The average Bonchev–Trinajstić information content (AvgIpc) is 2.96. The Morgan fingerprint density at radius 1 is 1.38 bits per heavy atom. The van der Waals surface area contributed by atoms with Gasteiger partial charge in [-0.15, -0.1) is 0 Å². The summed E-state index contributed by atoms with van der Waals surface area (Å²) in [5, 5.41) is 11.7. The molecule has 1 aromatic heterocycles. The van der Waals surface area contributed by atoms with E-state index in [0.29, 0.717) is 25.6 Å². The van der Waals surface area contributed by atoms with Crippen LogP contribution < -0.4 is 11.1 Å². The molecule has 7 heteroatoms. The minimum Gasteiger partial charge on any atom is -0.476 e. The van der Waals surface area contributed by atoms with E-state index in [9.17, 15) is 9.59 Å². The van der Waals surface area contributed by atoms with Gasteiger partial charge < -0.3 is 20.7 Å². The number of hydrogen-bond acceptors (Lipinski definition) is 4. The number of carbonyl (C=O) groups excluding carboxylic acids is 1. The summed E-state index contributed by atoms with van der Waals surface area (Å²) in [4.78, 5) is 26.5. The van der Waals surface area contributed by atoms with E-state index in [1.807, 2.05) is 0 Å². The third-order valence-electron chi connectivity index (χ3n) is 4.07. The van der Waals surface area contributed by atoms with E-state index in [1.165, 1.54) is 12.5 Å². The molecule has 7 nitrogen and oxygen atoms in total. The lowest BCUT2D eigenvalue weighted by atomic mass is 9.81. The summed E-state index contributed by atoms with van der Waals surface area (Å²) in [6.07, 6.45) is 6.78. The monoisotopic (exact) mass is 294 g/mol. The number of aromatic nitrogens is 2. The number of hydrogen-bond donors (Lipinski definition) is 3. The number of nitrogens with zero attached hydrogens (tertiary/aromatic N) is 2. The number of carboxylic acid groups (broad SMARTS) is 1. The molecule has 0 atom stereocenters. The van der Waals surface area contributed by atoms with Crippen molar-refractivity contribution >= 4 is 11.9 Å². The van der Waals surface area contributed by atoms with Gasteiger partial charge in [-0.1, -0.05) is 0 Å². The molecule has 0 bridgehead atoms. The van der Waals surface area contributed by atoms with Crippen molar-refractivity contribution in [1.29, 1.82) is 0 Å². The highest BCUT2D eigenvalue weighted by Crippen LogP contribution is 2.28. The predicted molar refractivity (Wildman–Crippen MR) is 76.7 cm³/mol. The molecular weight excluding hydrogens is 272 g/mol. The van der Waals surface area contributed by atoms with Crippen molar-refractivity contribution in [2.75, 3.05) is 13.1 Å². The highest BCUT2D eigenvalue weighted by atomic mass is 16.4. The Kier molecular flexibility index (Phi) is 5.32. The van der Waals surface area contributed by atoms with E-state index in [1.54, 1.807) is 4.57 Å². The standard InChI is InChI=1S/C14H22N4O3/c15-7-10-1-3-11(4-2-10)13(19)16-5-6-18-8-12(14(20)21)17-9-18/h8-11H,1-7,15H2,(H,16,19)(H,20,21). The summed E-state index contributed by atoms with van der Waals surface area (Å²) >= 11 is 0. The van der Waals surface area contributed by atoms with Gasteiger partial charge in [0.15, 0.2) is 5.69 Å². The largest absolute Gasteiger partial charge is 0.476 e. The Labute approximate surface area is 123 Å². The first kappa shape index (κ1) is 15.5. The molecule has 0 radical (unpaired) electrons. The molecular formula is C14H22N4O3. The Balaban J connectivity index is 1.70. The van der Waals surface area contributed by atoms with Crippen LogP contribution in [0.1, 0.15) is 36.2 Å². The van der Waals surface area contributed by atoms with Crippen LogP contribution in [0.25, 0.3) is 0 Å². The van der Waals surface area contributed by atoms with Crippen LogP contribution in [0.15, 0.2) is 12.5 Å². The first-order valence-electron chi connectivity index (χ1n) is 7.33. The number of nitrogens with two attached hydrogens (primary N) is 1. The van der Waals surface area contributed by atoms with Crippen LogP contribution in [0.2, 0.25) is 0 Å². The number of carboxylic acids is 1.